The summed E-state index contributed by atoms with van der Waals surface area (Å²) in [6, 6.07) is 6.30. The highest BCUT2D eigenvalue weighted by molar-refractivity contribution is 5.36. The quantitative estimate of drug-likeness (QED) is 0.348. The van der Waals surface area contributed by atoms with Crippen LogP contribution in [0.4, 0.5) is 0 Å². The van der Waals surface area contributed by atoms with Crippen LogP contribution in [0.25, 0.3) is 6.08 Å². The molecule has 1 aromatic rings. The fourth-order valence-electron chi connectivity index (χ4n) is 2.65. The Kier molecular flexibility index (Phi) is 9.91. The fourth-order valence-corrected chi connectivity index (χ4v) is 2.65. The van der Waals surface area contributed by atoms with Crippen molar-refractivity contribution in [2.45, 2.75) is 77.7 Å². The van der Waals surface area contributed by atoms with Gasteiger partial charge in [-0.25, -0.2) is 0 Å². The molecule has 112 valence electrons. The number of hydrogen-bond donors (Lipinski definition) is 0. The summed E-state index contributed by atoms with van der Waals surface area (Å²) in [7, 11) is 0. The van der Waals surface area contributed by atoms with Crippen LogP contribution in [-0.4, -0.2) is 0 Å². The van der Waals surface area contributed by atoms with Gasteiger partial charge in [-0.15, -0.1) is 0 Å². The summed E-state index contributed by atoms with van der Waals surface area (Å²) >= 11 is 0. The molecular formula is C19H32N+. The largest absolute Gasteiger partial charge is 0.204 e. The highest BCUT2D eigenvalue weighted by Crippen LogP contribution is 2.10. The maximum absolute atomic E-state index is 3.87. The molecule has 0 aromatic carbocycles. The van der Waals surface area contributed by atoms with E-state index in [0.717, 1.165) is 6.54 Å². The Hall–Kier alpha value is -1.11. The molecule has 0 amide bonds. The van der Waals surface area contributed by atoms with E-state index in [-0.39, 0.29) is 0 Å². The summed E-state index contributed by atoms with van der Waals surface area (Å²) in [6.45, 7) is 7.27. The molecule has 1 rings (SSSR count). The zero-order valence-electron chi connectivity index (χ0n) is 13.3. The number of unbranched alkanes of at least 4 members (excludes halogenated alkanes) is 9. The molecule has 0 N–H and O–H groups in total. The van der Waals surface area contributed by atoms with E-state index in [2.05, 4.69) is 42.5 Å². The third-order valence-electron chi connectivity index (χ3n) is 3.94. The second-order valence-electron chi connectivity index (χ2n) is 5.71. The van der Waals surface area contributed by atoms with E-state index in [1.807, 2.05) is 6.08 Å². The van der Waals surface area contributed by atoms with E-state index >= 15 is 0 Å². The standard InChI is InChI=1S/C19H32N/c1-3-5-6-7-8-9-10-11-12-14-17-20-18-15-13-16-19(20)4-2/h4,13,15-16,18H,2-3,5-12,14,17H2,1H3/q+1. The van der Waals surface area contributed by atoms with Gasteiger partial charge < -0.3 is 0 Å². The molecule has 0 fully saturated rings. The van der Waals surface area contributed by atoms with Gasteiger partial charge in [-0.05, 0) is 12.5 Å². The Morgan fingerprint density at radius 1 is 0.900 bits per heavy atom. The molecule has 0 aliphatic carbocycles. The molecule has 0 aliphatic heterocycles. The molecule has 0 saturated heterocycles. The van der Waals surface area contributed by atoms with Crippen LogP contribution >= 0.6 is 0 Å². The number of rotatable bonds is 12. The maximum atomic E-state index is 3.87. The Morgan fingerprint density at radius 2 is 1.50 bits per heavy atom. The van der Waals surface area contributed by atoms with Crippen molar-refractivity contribution >= 4 is 6.08 Å². The normalized spacial score (nSPS) is 10.7. The van der Waals surface area contributed by atoms with Crippen LogP contribution in [0.1, 0.15) is 76.8 Å². The molecule has 1 aromatic heterocycles. The number of aryl methyl sites for hydroxylation is 1. The first-order valence-electron chi connectivity index (χ1n) is 8.49. The first kappa shape index (κ1) is 16.9. The lowest BCUT2D eigenvalue weighted by molar-refractivity contribution is -0.699. The van der Waals surface area contributed by atoms with Crippen molar-refractivity contribution in [2.24, 2.45) is 0 Å². The summed E-state index contributed by atoms with van der Waals surface area (Å²) in [5.74, 6) is 0. The van der Waals surface area contributed by atoms with E-state index < -0.39 is 0 Å². The van der Waals surface area contributed by atoms with Gasteiger partial charge in [-0.2, -0.15) is 4.57 Å². The van der Waals surface area contributed by atoms with E-state index in [0.29, 0.717) is 0 Å². The lowest BCUT2D eigenvalue weighted by atomic mass is 10.1. The van der Waals surface area contributed by atoms with Crippen LogP contribution in [0.3, 0.4) is 0 Å². The molecule has 0 bridgehead atoms. The van der Waals surface area contributed by atoms with Gasteiger partial charge in [0.2, 0.25) is 5.69 Å². The van der Waals surface area contributed by atoms with E-state index in [1.165, 1.54) is 69.9 Å². The Labute approximate surface area is 125 Å². The second kappa shape index (κ2) is 11.7. The molecule has 20 heavy (non-hydrogen) atoms. The smallest absolute Gasteiger partial charge is 0.199 e. The third-order valence-corrected chi connectivity index (χ3v) is 3.94. The Morgan fingerprint density at radius 3 is 2.10 bits per heavy atom. The zero-order valence-corrected chi connectivity index (χ0v) is 13.3. The summed E-state index contributed by atoms with van der Waals surface area (Å²) in [5.41, 5.74) is 1.23. The van der Waals surface area contributed by atoms with Gasteiger partial charge in [0.05, 0.1) is 0 Å². The van der Waals surface area contributed by atoms with Crippen molar-refractivity contribution in [1.82, 2.24) is 0 Å². The number of aromatic nitrogens is 1. The average Bonchev–Trinajstić information content (AvgIpc) is 2.49. The van der Waals surface area contributed by atoms with Crippen molar-refractivity contribution in [3.05, 3.63) is 36.7 Å². The van der Waals surface area contributed by atoms with Crippen LogP contribution in [0.15, 0.2) is 31.0 Å². The molecule has 0 atom stereocenters. The molecule has 1 nitrogen and oxygen atoms in total. The predicted octanol–water partition coefficient (Wildman–Crippen LogP) is 5.54. The van der Waals surface area contributed by atoms with Gasteiger partial charge in [0, 0.05) is 24.6 Å². The number of pyridine rings is 1. The molecule has 1 heterocycles. The van der Waals surface area contributed by atoms with Crippen molar-refractivity contribution in [2.75, 3.05) is 0 Å². The second-order valence-corrected chi connectivity index (χ2v) is 5.71. The van der Waals surface area contributed by atoms with Crippen molar-refractivity contribution in [3.63, 3.8) is 0 Å². The van der Waals surface area contributed by atoms with Crippen molar-refractivity contribution in [1.29, 1.82) is 0 Å². The molecule has 0 unspecified atom stereocenters. The van der Waals surface area contributed by atoms with Gasteiger partial charge >= 0.3 is 0 Å². The molecule has 0 aliphatic rings. The minimum atomic E-state index is 1.12. The molecule has 0 spiro atoms. The van der Waals surface area contributed by atoms with Crippen LogP contribution < -0.4 is 4.57 Å². The molecule has 1 heteroatoms. The van der Waals surface area contributed by atoms with Crippen LogP contribution in [0.2, 0.25) is 0 Å². The third kappa shape index (κ3) is 7.47. The lowest BCUT2D eigenvalue weighted by Crippen LogP contribution is -2.36. The minimum Gasteiger partial charge on any atom is -0.199 e. The van der Waals surface area contributed by atoms with Crippen LogP contribution in [-0.2, 0) is 6.54 Å². The van der Waals surface area contributed by atoms with Crippen molar-refractivity contribution in [3.8, 4) is 0 Å². The minimum absolute atomic E-state index is 1.12. The van der Waals surface area contributed by atoms with E-state index in [9.17, 15) is 0 Å². The number of hydrogen-bond acceptors (Lipinski definition) is 0. The van der Waals surface area contributed by atoms with Gasteiger partial charge in [0.1, 0.15) is 6.54 Å². The van der Waals surface area contributed by atoms with Crippen LogP contribution in [0.5, 0.6) is 0 Å². The number of nitrogens with zero attached hydrogens (tertiary/aromatic N) is 1. The van der Waals surface area contributed by atoms with Gasteiger partial charge in [-0.1, -0.05) is 64.9 Å². The Bertz CT molecular complexity index is 357. The maximum Gasteiger partial charge on any atom is 0.204 e. The predicted molar refractivity (Wildman–Crippen MR) is 88.6 cm³/mol. The van der Waals surface area contributed by atoms with E-state index in [4.69, 9.17) is 0 Å². The fraction of sp³-hybridized carbons (Fsp3) is 0.632. The first-order chi connectivity index (χ1) is 9.88. The van der Waals surface area contributed by atoms with Crippen LogP contribution in [0, 0.1) is 0 Å². The van der Waals surface area contributed by atoms with E-state index in [1.54, 1.807) is 0 Å². The summed E-state index contributed by atoms with van der Waals surface area (Å²) in [5, 5.41) is 0. The van der Waals surface area contributed by atoms with Gasteiger partial charge in [0.15, 0.2) is 6.20 Å². The molecular weight excluding hydrogens is 242 g/mol. The van der Waals surface area contributed by atoms with Gasteiger partial charge in [0.25, 0.3) is 0 Å². The highest BCUT2D eigenvalue weighted by atomic mass is 14.9. The summed E-state index contributed by atoms with van der Waals surface area (Å²) < 4.78 is 2.30. The monoisotopic (exact) mass is 274 g/mol. The van der Waals surface area contributed by atoms with Crippen molar-refractivity contribution < 1.29 is 4.57 Å². The first-order valence-corrected chi connectivity index (χ1v) is 8.49. The molecule has 0 saturated carbocycles. The average molecular weight is 274 g/mol. The highest BCUT2D eigenvalue weighted by Gasteiger charge is 2.04. The Balaban J connectivity index is 1.98. The molecule has 0 radical (unpaired) electrons. The lowest BCUT2D eigenvalue weighted by Gasteiger charge is -2.02. The zero-order chi connectivity index (χ0) is 14.5. The topological polar surface area (TPSA) is 3.88 Å². The van der Waals surface area contributed by atoms with Gasteiger partial charge in [-0.3, -0.25) is 0 Å². The summed E-state index contributed by atoms with van der Waals surface area (Å²) in [6.07, 6.45) is 18.1. The summed E-state index contributed by atoms with van der Waals surface area (Å²) in [4.78, 5) is 0. The SMILES string of the molecule is C=Cc1cccc[n+]1CCCCCCCCCCCC.